The van der Waals surface area contributed by atoms with Gasteiger partial charge in [0.15, 0.2) is 5.76 Å². The van der Waals surface area contributed by atoms with E-state index < -0.39 is 5.76 Å². The van der Waals surface area contributed by atoms with Crippen LogP contribution in [0.5, 0.6) is 0 Å². The van der Waals surface area contributed by atoms with Crippen molar-refractivity contribution in [1.29, 1.82) is 0 Å². The van der Waals surface area contributed by atoms with E-state index in [4.69, 9.17) is 8.83 Å². The zero-order valence-electron chi connectivity index (χ0n) is 9.20. The molecule has 0 bridgehead atoms. The van der Waals surface area contributed by atoms with Crippen LogP contribution >= 0.6 is 0 Å². The maximum Gasteiger partial charge on any atom is 0.438 e. The van der Waals surface area contributed by atoms with Gasteiger partial charge in [0.2, 0.25) is 0 Å². The van der Waals surface area contributed by atoms with Crippen LogP contribution in [0.2, 0.25) is 0 Å². The predicted molar refractivity (Wildman–Crippen MR) is 60.5 cm³/mol. The SMILES string of the molecule is O=c1oc(-c2ccco2)nn1C1C=CCCC1. The van der Waals surface area contributed by atoms with Gasteiger partial charge in [0.25, 0.3) is 5.89 Å². The first-order valence-electron chi connectivity index (χ1n) is 5.65. The topological polar surface area (TPSA) is 61.2 Å². The van der Waals surface area contributed by atoms with E-state index in [-0.39, 0.29) is 11.9 Å². The summed E-state index contributed by atoms with van der Waals surface area (Å²) in [4.78, 5) is 11.7. The molecule has 1 atom stereocenters. The van der Waals surface area contributed by atoms with Gasteiger partial charge in [0.05, 0.1) is 12.3 Å². The van der Waals surface area contributed by atoms with Crippen molar-refractivity contribution in [2.24, 2.45) is 0 Å². The van der Waals surface area contributed by atoms with Crippen LogP contribution in [0.1, 0.15) is 25.3 Å². The molecule has 17 heavy (non-hydrogen) atoms. The maximum absolute atomic E-state index is 11.7. The zero-order chi connectivity index (χ0) is 11.7. The molecule has 2 heterocycles. The van der Waals surface area contributed by atoms with E-state index in [2.05, 4.69) is 11.2 Å². The largest absolute Gasteiger partial charge is 0.459 e. The second-order valence-corrected chi connectivity index (χ2v) is 4.02. The Hall–Kier alpha value is -2.04. The lowest BCUT2D eigenvalue weighted by Crippen LogP contribution is -2.21. The first kappa shape index (κ1) is 10.1. The predicted octanol–water partition coefficient (Wildman–Crippen LogP) is 2.38. The molecule has 0 N–H and O–H groups in total. The van der Waals surface area contributed by atoms with Crippen molar-refractivity contribution >= 4 is 0 Å². The number of furan rings is 1. The Morgan fingerprint density at radius 1 is 1.47 bits per heavy atom. The Morgan fingerprint density at radius 3 is 3.12 bits per heavy atom. The lowest BCUT2D eigenvalue weighted by Gasteiger charge is -2.14. The van der Waals surface area contributed by atoms with Gasteiger partial charge in [0, 0.05) is 0 Å². The Kier molecular flexibility index (Phi) is 2.44. The maximum atomic E-state index is 11.7. The fourth-order valence-corrected chi connectivity index (χ4v) is 2.00. The molecule has 0 saturated carbocycles. The van der Waals surface area contributed by atoms with Gasteiger partial charge in [-0.05, 0) is 31.4 Å². The lowest BCUT2D eigenvalue weighted by molar-refractivity contribution is 0.421. The summed E-state index contributed by atoms with van der Waals surface area (Å²) in [5.74, 6) is 0.271. The Morgan fingerprint density at radius 2 is 2.41 bits per heavy atom. The van der Waals surface area contributed by atoms with Crippen LogP contribution in [0.3, 0.4) is 0 Å². The van der Waals surface area contributed by atoms with E-state index in [1.807, 2.05) is 6.08 Å². The molecule has 2 aromatic rings. The van der Waals surface area contributed by atoms with Crippen molar-refractivity contribution in [3.8, 4) is 11.7 Å². The number of nitrogens with zero attached hydrogens (tertiary/aromatic N) is 2. The second-order valence-electron chi connectivity index (χ2n) is 4.02. The van der Waals surface area contributed by atoms with E-state index in [0.29, 0.717) is 5.76 Å². The number of allylic oxidation sites excluding steroid dienone is 2. The molecule has 1 unspecified atom stereocenters. The van der Waals surface area contributed by atoms with Gasteiger partial charge in [-0.3, -0.25) is 0 Å². The van der Waals surface area contributed by atoms with Gasteiger partial charge < -0.3 is 8.83 Å². The highest BCUT2D eigenvalue weighted by molar-refractivity contribution is 5.42. The molecule has 0 amide bonds. The Balaban J connectivity index is 1.99. The van der Waals surface area contributed by atoms with E-state index in [1.165, 1.54) is 10.9 Å². The van der Waals surface area contributed by atoms with E-state index in [1.54, 1.807) is 12.1 Å². The lowest BCUT2D eigenvalue weighted by atomic mass is 10.0. The normalized spacial score (nSPS) is 19.6. The summed E-state index contributed by atoms with van der Waals surface area (Å²) in [6.45, 7) is 0. The van der Waals surface area contributed by atoms with Crippen molar-refractivity contribution < 1.29 is 8.83 Å². The number of rotatable bonds is 2. The third-order valence-corrected chi connectivity index (χ3v) is 2.84. The summed E-state index contributed by atoms with van der Waals surface area (Å²) in [5, 5.41) is 4.17. The molecule has 0 fully saturated rings. The van der Waals surface area contributed by atoms with Crippen molar-refractivity contribution in [1.82, 2.24) is 9.78 Å². The van der Waals surface area contributed by atoms with Crippen LogP contribution in [0.25, 0.3) is 11.7 Å². The van der Waals surface area contributed by atoms with Crippen molar-refractivity contribution in [3.05, 3.63) is 41.1 Å². The highest BCUT2D eigenvalue weighted by Gasteiger charge is 2.19. The smallest absolute Gasteiger partial charge is 0.438 e. The van der Waals surface area contributed by atoms with Crippen molar-refractivity contribution in [2.75, 3.05) is 0 Å². The molecule has 5 heteroatoms. The summed E-state index contributed by atoms with van der Waals surface area (Å²) >= 11 is 0. The molecule has 0 radical (unpaired) electrons. The van der Waals surface area contributed by atoms with Crippen LogP contribution in [-0.2, 0) is 0 Å². The summed E-state index contributed by atoms with van der Waals surface area (Å²) in [7, 11) is 0. The quantitative estimate of drug-likeness (QED) is 0.746. The third-order valence-electron chi connectivity index (χ3n) is 2.84. The zero-order valence-corrected chi connectivity index (χ0v) is 9.20. The molecule has 2 aromatic heterocycles. The molecular formula is C12H12N2O3. The molecule has 0 spiro atoms. The summed E-state index contributed by atoms with van der Waals surface area (Å²) in [6.07, 6.45) is 8.64. The molecule has 5 nitrogen and oxygen atoms in total. The van der Waals surface area contributed by atoms with Crippen LogP contribution in [0.4, 0.5) is 0 Å². The minimum absolute atomic E-state index is 0.00344. The van der Waals surface area contributed by atoms with Crippen molar-refractivity contribution in [3.63, 3.8) is 0 Å². The molecule has 0 aromatic carbocycles. The van der Waals surface area contributed by atoms with Crippen molar-refractivity contribution in [2.45, 2.75) is 25.3 Å². The Bertz CT molecular complexity index is 577. The first-order chi connectivity index (χ1) is 8.34. The fraction of sp³-hybridized carbons (Fsp3) is 0.333. The summed E-state index contributed by atoms with van der Waals surface area (Å²) in [6, 6.07) is 3.45. The standard InChI is InChI=1S/C12H12N2O3/c15-12-14(9-5-2-1-3-6-9)13-11(17-12)10-7-4-8-16-10/h2,4-5,7-9H,1,3,6H2. The molecule has 3 rings (SSSR count). The van der Waals surface area contributed by atoms with E-state index >= 15 is 0 Å². The number of hydrogen-bond acceptors (Lipinski definition) is 4. The van der Waals surface area contributed by atoms with E-state index in [9.17, 15) is 4.79 Å². The van der Waals surface area contributed by atoms with Crippen LogP contribution < -0.4 is 5.76 Å². The molecule has 1 aliphatic carbocycles. The highest BCUT2D eigenvalue weighted by atomic mass is 16.4. The Labute approximate surface area is 97.4 Å². The second kappa shape index (κ2) is 4.08. The molecular weight excluding hydrogens is 220 g/mol. The number of hydrogen-bond donors (Lipinski definition) is 0. The van der Waals surface area contributed by atoms with Crippen LogP contribution in [0, 0.1) is 0 Å². The average Bonchev–Trinajstić information content (AvgIpc) is 2.99. The van der Waals surface area contributed by atoms with Gasteiger partial charge in [0.1, 0.15) is 0 Å². The minimum atomic E-state index is -0.437. The van der Waals surface area contributed by atoms with Gasteiger partial charge >= 0.3 is 5.76 Å². The van der Waals surface area contributed by atoms with Crippen LogP contribution in [-0.4, -0.2) is 9.78 Å². The van der Waals surface area contributed by atoms with Gasteiger partial charge in [-0.25, -0.2) is 4.79 Å². The average molecular weight is 232 g/mol. The van der Waals surface area contributed by atoms with Gasteiger partial charge in [-0.15, -0.1) is 5.10 Å². The third kappa shape index (κ3) is 1.84. The first-order valence-corrected chi connectivity index (χ1v) is 5.65. The summed E-state index contributed by atoms with van der Waals surface area (Å²) in [5.41, 5.74) is 0. The molecule has 0 saturated heterocycles. The monoisotopic (exact) mass is 232 g/mol. The van der Waals surface area contributed by atoms with Crippen LogP contribution in [0.15, 0.2) is 44.2 Å². The van der Waals surface area contributed by atoms with Gasteiger partial charge in [-0.2, -0.15) is 4.68 Å². The van der Waals surface area contributed by atoms with E-state index in [0.717, 1.165) is 19.3 Å². The number of aromatic nitrogens is 2. The highest BCUT2D eigenvalue weighted by Crippen LogP contribution is 2.22. The fourth-order valence-electron chi connectivity index (χ4n) is 2.00. The molecule has 1 aliphatic rings. The molecule has 88 valence electrons. The minimum Gasteiger partial charge on any atom is -0.459 e. The van der Waals surface area contributed by atoms with Gasteiger partial charge in [-0.1, -0.05) is 12.2 Å². The summed E-state index contributed by atoms with van der Waals surface area (Å²) < 4.78 is 11.6. The molecule has 0 aliphatic heterocycles.